The van der Waals surface area contributed by atoms with Gasteiger partial charge in [-0.15, -0.1) is 5.10 Å². The van der Waals surface area contributed by atoms with E-state index in [0.29, 0.717) is 17.4 Å². The summed E-state index contributed by atoms with van der Waals surface area (Å²) in [6, 6.07) is 14.6. The number of carbonyl (C=O) groups is 1. The maximum Gasteiger partial charge on any atom is 0.277 e. The van der Waals surface area contributed by atoms with E-state index in [1.165, 1.54) is 4.68 Å². The molecule has 0 fully saturated rings. The molecule has 0 bridgehead atoms. The van der Waals surface area contributed by atoms with E-state index >= 15 is 0 Å². The minimum Gasteiger partial charge on any atom is -0.496 e. The van der Waals surface area contributed by atoms with Gasteiger partial charge in [0.2, 0.25) is 5.91 Å². The van der Waals surface area contributed by atoms with Crippen LogP contribution in [0.15, 0.2) is 53.3 Å². The average molecular weight is 352 g/mol. The molecule has 1 amide bonds. The standard InChI is InChI=1S/C19H20N4O3/c1-22(13-14-7-3-6-10-17(14)26-2)18(24)11-12-23-19(25)15-8-4-5-9-16(15)20-21-23/h3-10H,11-13H2,1-2H3. The summed E-state index contributed by atoms with van der Waals surface area (Å²) in [5.41, 5.74) is 1.23. The Balaban J connectivity index is 1.67. The molecule has 0 saturated heterocycles. The highest BCUT2D eigenvalue weighted by Gasteiger charge is 2.13. The summed E-state index contributed by atoms with van der Waals surface area (Å²) >= 11 is 0. The third-order valence-corrected chi connectivity index (χ3v) is 4.19. The predicted molar refractivity (Wildman–Crippen MR) is 97.9 cm³/mol. The zero-order valence-electron chi connectivity index (χ0n) is 14.8. The molecule has 3 rings (SSSR count). The van der Waals surface area contributed by atoms with Crippen LogP contribution in [0.5, 0.6) is 5.75 Å². The first kappa shape index (κ1) is 17.6. The molecule has 0 aliphatic heterocycles. The lowest BCUT2D eigenvalue weighted by molar-refractivity contribution is -0.130. The van der Waals surface area contributed by atoms with Crippen LogP contribution in [0.3, 0.4) is 0 Å². The van der Waals surface area contributed by atoms with E-state index in [2.05, 4.69) is 10.3 Å². The molecule has 0 N–H and O–H groups in total. The van der Waals surface area contributed by atoms with E-state index in [1.54, 1.807) is 43.3 Å². The van der Waals surface area contributed by atoms with E-state index < -0.39 is 0 Å². The summed E-state index contributed by atoms with van der Waals surface area (Å²) in [5.74, 6) is 0.654. The first-order valence-corrected chi connectivity index (χ1v) is 8.28. The third-order valence-electron chi connectivity index (χ3n) is 4.19. The van der Waals surface area contributed by atoms with Crippen LogP contribution in [-0.4, -0.2) is 40.0 Å². The van der Waals surface area contributed by atoms with Gasteiger partial charge in [0.1, 0.15) is 11.3 Å². The number of aryl methyl sites for hydroxylation is 1. The number of aromatic nitrogens is 3. The first-order chi connectivity index (χ1) is 12.6. The number of fused-ring (bicyclic) bond motifs is 1. The van der Waals surface area contributed by atoms with E-state index in [-0.39, 0.29) is 24.4 Å². The Morgan fingerprint density at radius 2 is 1.88 bits per heavy atom. The quantitative estimate of drug-likeness (QED) is 0.677. The normalized spacial score (nSPS) is 10.7. The van der Waals surface area contributed by atoms with E-state index in [0.717, 1.165) is 11.3 Å². The fourth-order valence-electron chi connectivity index (χ4n) is 2.74. The van der Waals surface area contributed by atoms with Gasteiger partial charge in [0.25, 0.3) is 5.56 Å². The van der Waals surface area contributed by atoms with Crippen LogP contribution in [0.1, 0.15) is 12.0 Å². The second kappa shape index (κ2) is 7.77. The van der Waals surface area contributed by atoms with Crippen molar-refractivity contribution in [2.45, 2.75) is 19.5 Å². The van der Waals surface area contributed by atoms with Crippen molar-refractivity contribution in [2.24, 2.45) is 0 Å². The molecular formula is C19H20N4O3. The molecule has 0 atom stereocenters. The van der Waals surface area contributed by atoms with Crippen LogP contribution >= 0.6 is 0 Å². The van der Waals surface area contributed by atoms with E-state index in [9.17, 15) is 9.59 Å². The number of hydrogen-bond acceptors (Lipinski definition) is 5. The fourth-order valence-corrected chi connectivity index (χ4v) is 2.74. The molecule has 3 aromatic rings. The van der Waals surface area contributed by atoms with E-state index in [4.69, 9.17) is 4.74 Å². The summed E-state index contributed by atoms with van der Waals surface area (Å²) in [5, 5.41) is 8.44. The molecule has 0 saturated carbocycles. The van der Waals surface area contributed by atoms with Crippen molar-refractivity contribution in [3.05, 3.63) is 64.4 Å². The Morgan fingerprint density at radius 3 is 2.69 bits per heavy atom. The van der Waals surface area contributed by atoms with Crippen LogP contribution < -0.4 is 10.3 Å². The van der Waals surface area contributed by atoms with Crippen LogP contribution in [0.4, 0.5) is 0 Å². The topological polar surface area (TPSA) is 77.3 Å². The molecule has 26 heavy (non-hydrogen) atoms. The molecule has 134 valence electrons. The second-order valence-electron chi connectivity index (χ2n) is 5.95. The molecule has 7 nitrogen and oxygen atoms in total. The Hall–Kier alpha value is -3.22. The van der Waals surface area contributed by atoms with Crippen LogP contribution in [0.25, 0.3) is 10.9 Å². The smallest absolute Gasteiger partial charge is 0.277 e. The van der Waals surface area contributed by atoms with Crippen LogP contribution in [0, 0.1) is 0 Å². The van der Waals surface area contributed by atoms with Gasteiger partial charge in [0.05, 0.1) is 19.0 Å². The third kappa shape index (κ3) is 3.72. The Kier molecular flexibility index (Phi) is 5.26. The first-order valence-electron chi connectivity index (χ1n) is 8.28. The lowest BCUT2D eigenvalue weighted by Gasteiger charge is -2.19. The van der Waals surface area contributed by atoms with Crippen molar-refractivity contribution in [1.29, 1.82) is 0 Å². The largest absolute Gasteiger partial charge is 0.496 e. The number of benzene rings is 2. The van der Waals surface area contributed by atoms with Crippen molar-refractivity contribution >= 4 is 16.8 Å². The maximum absolute atomic E-state index is 12.4. The highest BCUT2D eigenvalue weighted by molar-refractivity contribution is 5.77. The van der Waals surface area contributed by atoms with Crippen LogP contribution in [0.2, 0.25) is 0 Å². The number of para-hydroxylation sites is 1. The van der Waals surface area contributed by atoms with Crippen molar-refractivity contribution in [3.63, 3.8) is 0 Å². The number of ether oxygens (including phenoxy) is 1. The van der Waals surface area contributed by atoms with Gasteiger partial charge in [-0.05, 0) is 18.2 Å². The molecule has 0 unspecified atom stereocenters. The van der Waals surface area contributed by atoms with Crippen molar-refractivity contribution in [2.75, 3.05) is 14.2 Å². The minimum atomic E-state index is -0.240. The predicted octanol–water partition coefficient (Wildman–Crippen LogP) is 1.85. The minimum absolute atomic E-state index is 0.0854. The number of nitrogens with zero attached hydrogens (tertiary/aromatic N) is 4. The van der Waals surface area contributed by atoms with Gasteiger partial charge in [0, 0.05) is 25.6 Å². The number of hydrogen-bond donors (Lipinski definition) is 0. The zero-order valence-corrected chi connectivity index (χ0v) is 14.8. The monoisotopic (exact) mass is 352 g/mol. The fraction of sp³-hybridized carbons (Fsp3) is 0.263. The Bertz CT molecular complexity index is 984. The summed E-state index contributed by atoms with van der Waals surface area (Å²) in [4.78, 5) is 26.4. The van der Waals surface area contributed by atoms with Crippen molar-refractivity contribution < 1.29 is 9.53 Å². The molecule has 1 aromatic heterocycles. The molecule has 0 aliphatic carbocycles. The number of rotatable bonds is 6. The molecule has 1 heterocycles. The van der Waals surface area contributed by atoms with Gasteiger partial charge in [-0.1, -0.05) is 35.5 Å². The Labute approximate surface area is 150 Å². The van der Waals surface area contributed by atoms with Crippen LogP contribution in [-0.2, 0) is 17.9 Å². The SMILES string of the molecule is COc1ccccc1CN(C)C(=O)CCn1nnc2ccccc2c1=O. The average Bonchev–Trinajstić information content (AvgIpc) is 2.67. The lowest BCUT2D eigenvalue weighted by Crippen LogP contribution is -2.30. The molecule has 7 heteroatoms. The number of amides is 1. The van der Waals surface area contributed by atoms with Crippen molar-refractivity contribution in [1.82, 2.24) is 19.9 Å². The molecule has 2 aromatic carbocycles. The Morgan fingerprint density at radius 1 is 1.15 bits per heavy atom. The van der Waals surface area contributed by atoms with Crippen molar-refractivity contribution in [3.8, 4) is 5.75 Å². The van der Waals surface area contributed by atoms with Gasteiger partial charge in [-0.2, -0.15) is 0 Å². The maximum atomic E-state index is 12.4. The summed E-state index contributed by atoms with van der Waals surface area (Å²) < 4.78 is 6.54. The summed E-state index contributed by atoms with van der Waals surface area (Å²) in [6.45, 7) is 0.618. The van der Waals surface area contributed by atoms with E-state index in [1.807, 2.05) is 24.3 Å². The van der Waals surface area contributed by atoms with Gasteiger partial charge in [-0.25, -0.2) is 4.68 Å². The second-order valence-corrected chi connectivity index (χ2v) is 5.95. The van der Waals surface area contributed by atoms with Gasteiger partial charge in [0.15, 0.2) is 0 Å². The molecule has 0 radical (unpaired) electrons. The molecule has 0 spiro atoms. The lowest BCUT2D eigenvalue weighted by atomic mass is 10.2. The van der Waals surface area contributed by atoms with Gasteiger partial charge >= 0.3 is 0 Å². The summed E-state index contributed by atoms with van der Waals surface area (Å²) in [6.07, 6.45) is 0.165. The highest BCUT2D eigenvalue weighted by Crippen LogP contribution is 2.19. The van der Waals surface area contributed by atoms with Gasteiger partial charge < -0.3 is 9.64 Å². The zero-order chi connectivity index (χ0) is 18.5. The summed E-state index contributed by atoms with van der Waals surface area (Å²) in [7, 11) is 3.33. The molecular weight excluding hydrogens is 332 g/mol. The molecule has 0 aliphatic rings. The van der Waals surface area contributed by atoms with Gasteiger partial charge in [-0.3, -0.25) is 9.59 Å². The number of carbonyl (C=O) groups excluding carboxylic acids is 1. The number of methoxy groups -OCH3 is 1. The highest BCUT2D eigenvalue weighted by atomic mass is 16.5.